The molecule has 3 N–H and O–H groups in total. The minimum Gasteiger partial charge on any atom is -0.408 e. The Morgan fingerprint density at radius 2 is 2.33 bits per heavy atom. The second-order valence-electron chi connectivity index (χ2n) is 3.38. The lowest BCUT2D eigenvalue weighted by atomic mass is 10.5. The van der Waals surface area contributed by atoms with Crippen molar-refractivity contribution in [2.75, 3.05) is 16.8 Å². The van der Waals surface area contributed by atoms with Gasteiger partial charge in [0.2, 0.25) is 11.8 Å². The van der Waals surface area contributed by atoms with Gasteiger partial charge in [0.1, 0.15) is 5.82 Å². The van der Waals surface area contributed by atoms with Gasteiger partial charge >= 0.3 is 6.01 Å². The minimum absolute atomic E-state index is 0.105. The summed E-state index contributed by atoms with van der Waals surface area (Å²) >= 11 is 1.34. The van der Waals surface area contributed by atoms with Crippen LogP contribution in [-0.2, 0) is 4.79 Å². The Morgan fingerprint density at radius 3 is 2.94 bits per heavy atom. The quantitative estimate of drug-likeness (QED) is 0.796. The molecule has 2 aromatic rings. The normalized spacial score (nSPS) is 10.3. The van der Waals surface area contributed by atoms with Crippen molar-refractivity contribution in [1.82, 2.24) is 15.2 Å². The summed E-state index contributed by atoms with van der Waals surface area (Å²) in [5, 5.41) is 9.77. The van der Waals surface area contributed by atoms with Crippen LogP contribution in [0.2, 0.25) is 0 Å². The van der Waals surface area contributed by atoms with E-state index < -0.39 is 0 Å². The molecule has 2 aromatic heterocycles. The SMILES string of the molecule is Cc1nnc(NC(=O)CSc2ccc(N)nc2)o1. The first-order valence-corrected chi connectivity index (χ1v) is 6.06. The van der Waals surface area contributed by atoms with Crippen molar-refractivity contribution < 1.29 is 9.21 Å². The number of carbonyl (C=O) groups excluding carboxylic acids is 1. The third-order valence-corrected chi connectivity index (χ3v) is 2.88. The molecule has 0 unspecified atom stereocenters. The molecule has 0 aliphatic carbocycles. The molecule has 94 valence electrons. The molecule has 0 aliphatic rings. The van der Waals surface area contributed by atoms with Crippen LogP contribution in [0.4, 0.5) is 11.8 Å². The molecule has 0 bridgehead atoms. The lowest BCUT2D eigenvalue weighted by Gasteiger charge is -2.01. The summed E-state index contributed by atoms with van der Waals surface area (Å²) in [6, 6.07) is 3.59. The molecule has 2 heterocycles. The highest BCUT2D eigenvalue weighted by Crippen LogP contribution is 2.17. The minimum atomic E-state index is -0.222. The number of nitrogens with two attached hydrogens (primary N) is 1. The molecule has 8 heteroatoms. The van der Waals surface area contributed by atoms with Crippen LogP contribution in [0.3, 0.4) is 0 Å². The van der Waals surface area contributed by atoms with E-state index in [4.69, 9.17) is 10.2 Å². The van der Waals surface area contributed by atoms with Crippen LogP contribution in [-0.4, -0.2) is 26.8 Å². The highest BCUT2D eigenvalue weighted by atomic mass is 32.2. The number of aromatic nitrogens is 3. The van der Waals surface area contributed by atoms with Gasteiger partial charge in [0.25, 0.3) is 0 Å². The van der Waals surface area contributed by atoms with E-state index in [1.54, 1.807) is 25.3 Å². The Morgan fingerprint density at radius 1 is 1.50 bits per heavy atom. The van der Waals surface area contributed by atoms with Gasteiger partial charge in [-0.2, -0.15) is 0 Å². The average molecular weight is 265 g/mol. The molecule has 2 rings (SSSR count). The van der Waals surface area contributed by atoms with Crippen LogP contribution >= 0.6 is 11.8 Å². The largest absolute Gasteiger partial charge is 0.408 e. The van der Waals surface area contributed by atoms with Gasteiger partial charge in [0, 0.05) is 18.0 Å². The van der Waals surface area contributed by atoms with E-state index in [-0.39, 0.29) is 17.7 Å². The van der Waals surface area contributed by atoms with Gasteiger partial charge in [-0.25, -0.2) is 4.98 Å². The highest BCUT2D eigenvalue weighted by molar-refractivity contribution is 8.00. The van der Waals surface area contributed by atoms with Crippen LogP contribution in [0.15, 0.2) is 27.6 Å². The maximum absolute atomic E-state index is 11.6. The second kappa shape index (κ2) is 5.50. The summed E-state index contributed by atoms with van der Waals surface area (Å²) in [5.74, 6) is 0.860. The van der Waals surface area contributed by atoms with E-state index in [1.165, 1.54) is 11.8 Å². The number of pyridine rings is 1. The fourth-order valence-electron chi connectivity index (χ4n) is 1.13. The summed E-state index contributed by atoms with van der Waals surface area (Å²) < 4.78 is 5.03. The number of amides is 1. The lowest BCUT2D eigenvalue weighted by molar-refractivity contribution is -0.113. The van der Waals surface area contributed by atoms with E-state index in [0.717, 1.165) is 4.90 Å². The number of anilines is 2. The Hall–Kier alpha value is -2.09. The van der Waals surface area contributed by atoms with Gasteiger partial charge in [-0.3, -0.25) is 10.1 Å². The van der Waals surface area contributed by atoms with Gasteiger partial charge in [-0.1, -0.05) is 5.10 Å². The van der Waals surface area contributed by atoms with Crippen molar-refractivity contribution in [3.63, 3.8) is 0 Å². The topological polar surface area (TPSA) is 107 Å². The number of carbonyl (C=O) groups is 1. The van der Waals surface area contributed by atoms with Crippen LogP contribution in [0, 0.1) is 6.92 Å². The fourth-order valence-corrected chi connectivity index (χ4v) is 1.79. The van der Waals surface area contributed by atoms with Crippen molar-refractivity contribution >= 4 is 29.5 Å². The van der Waals surface area contributed by atoms with Gasteiger partial charge in [0.15, 0.2) is 0 Å². The predicted molar refractivity (Wildman–Crippen MR) is 67.0 cm³/mol. The number of aryl methyl sites for hydroxylation is 1. The van der Waals surface area contributed by atoms with Gasteiger partial charge < -0.3 is 10.2 Å². The van der Waals surface area contributed by atoms with Crippen molar-refractivity contribution in [2.24, 2.45) is 0 Å². The number of hydrogen-bond donors (Lipinski definition) is 2. The Bertz CT molecular complexity index is 539. The summed E-state index contributed by atoms with van der Waals surface area (Å²) in [6.07, 6.45) is 1.62. The zero-order chi connectivity index (χ0) is 13.0. The maximum Gasteiger partial charge on any atom is 0.322 e. The third kappa shape index (κ3) is 3.45. The summed E-state index contributed by atoms with van der Waals surface area (Å²) in [6.45, 7) is 1.65. The summed E-state index contributed by atoms with van der Waals surface area (Å²) in [7, 11) is 0. The first kappa shape index (κ1) is 12.4. The molecule has 0 spiro atoms. The zero-order valence-electron chi connectivity index (χ0n) is 9.58. The van der Waals surface area contributed by atoms with Gasteiger partial charge in [-0.05, 0) is 12.1 Å². The monoisotopic (exact) mass is 265 g/mol. The molecular formula is C10H11N5O2S. The summed E-state index contributed by atoms with van der Waals surface area (Å²) in [4.78, 5) is 16.3. The summed E-state index contributed by atoms with van der Waals surface area (Å²) in [5.41, 5.74) is 5.46. The Labute approximate surface area is 107 Å². The Kier molecular flexibility index (Phi) is 3.78. The first-order chi connectivity index (χ1) is 8.63. The molecule has 0 fully saturated rings. The predicted octanol–water partition coefficient (Wildman–Crippen LogP) is 1.09. The lowest BCUT2D eigenvalue weighted by Crippen LogP contribution is -2.14. The van der Waals surface area contributed by atoms with Gasteiger partial charge in [-0.15, -0.1) is 16.9 Å². The molecule has 0 aromatic carbocycles. The number of nitrogens with one attached hydrogen (secondary N) is 1. The molecular weight excluding hydrogens is 254 g/mol. The first-order valence-electron chi connectivity index (χ1n) is 5.08. The number of nitrogens with zero attached hydrogens (tertiary/aromatic N) is 3. The van der Waals surface area contributed by atoms with Crippen molar-refractivity contribution in [3.8, 4) is 0 Å². The van der Waals surface area contributed by atoms with E-state index in [0.29, 0.717) is 11.7 Å². The number of rotatable bonds is 4. The second-order valence-corrected chi connectivity index (χ2v) is 4.43. The molecule has 0 aliphatic heterocycles. The smallest absolute Gasteiger partial charge is 0.322 e. The van der Waals surface area contributed by atoms with Gasteiger partial charge in [0.05, 0.1) is 5.75 Å². The molecule has 7 nitrogen and oxygen atoms in total. The zero-order valence-corrected chi connectivity index (χ0v) is 10.4. The maximum atomic E-state index is 11.6. The highest BCUT2D eigenvalue weighted by Gasteiger charge is 2.08. The Balaban J connectivity index is 1.83. The number of thioether (sulfide) groups is 1. The van der Waals surface area contributed by atoms with E-state index in [1.807, 2.05) is 0 Å². The molecule has 0 atom stereocenters. The standard InChI is InChI=1S/C10H11N5O2S/c1-6-14-15-10(17-6)13-9(16)5-18-7-2-3-8(11)12-4-7/h2-4H,5H2,1H3,(H2,11,12)(H,13,15,16). The van der Waals surface area contributed by atoms with E-state index in [9.17, 15) is 4.79 Å². The van der Waals surface area contributed by atoms with Crippen molar-refractivity contribution in [2.45, 2.75) is 11.8 Å². The van der Waals surface area contributed by atoms with Crippen LogP contribution in [0.1, 0.15) is 5.89 Å². The van der Waals surface area contributed by atoms with Crippen LogP contribution in [0.25, 0.3) is 0 Å². The molecule has 0 saturated carbocycles. The molecule has 18 heavy (non-hydrogen) atoms. The van der Waals surface area contributed by atoms with Crippen molar-refractivity contribution in [3.05, 3.63) is 24.2 Å². The molecule has 1 amide bonds. The number of nitrogen functional groups attached to an aromatic ring is 1. The van der Waals surface area contributed by atoms with Crippen molar-refractivity contribution in [1.29, 1.82) is 0 Å². The van der Waals surface area contributed by atoms with Crippen LogP contribution in [0.5, 0.6) is 0 Å². The average Bonchev–Trinajstić information content (AvgIpc) is 2.74. The van der Waals surface area contributed by atoms with E-state index >= 15 is 0 Å². The number of hydrogen-bond acceptors (Lipinski definition) is 7. The third-order valence-electron chi connectivity index (χ3n) is 1.90. The van der Waals surface area contributed by atoms with E-state index in [2.05, 4.69) is 20.5 Å². The molecule has 0 radical (unpaired) electrons. The fraction of sp³-hybridized carbons (Fsp3) is 0.200. The van der Waals surface area contributed by atoms with Crippen LogP contribution < -0.4 is 11.1 Å². The molecule has 0 saturated heterocycles.